The Morgan fingerprint density at radius 3 is 2.40 bits per heavy atom. The lowest BCUT2D eigenvalue weighted by Crippen LogP contribution is -2.51. The second kappa shape index (κ2) is 6.34. The average molecular weight is 348 g/mol. The number of fused-ring (bicyclic) bond motifs is 2. The van der Waals surface area contributed by atoms with Gasteiger partial charge < -0.3 is 15.5 Å². The molecule has 5 atom stereocenters. The van der Waals surface area contributed by atoms with Crippen LogP contribution in [0.5, 0.6) is 0 Å². The predicted molar refractivity (Wildman–Crippen MR) is 95.1 cm³/mol. The Labute approximate surface area is 148 Å². The number of rotatable bonds is 6. The molecule has 3 N–H and O–H groups in total. The molecule has 6 heteroatoms. The smallest absolute Gasteiger partial charge is 0.269 e. The summed E-state index contributed by atoms with van der Waals surface area (Å²) in [6.45, 7) is 6.78. The number of aliphatic hydroxyl groups is 2. The molecule has 138 valence electrons. The van der Waals surface area contributed by atoms with E-state index in [0.717, 1.165) is 12.8 Å². The second-order valence-electron chi connectivity index (χ2n) is 8.41. The van der Waals surface area contributed by atoms with Gasteiger partial charge in [-0.1, -0.05) is 20.8 Å². The maximum absolute atomic E-state index is 10.8. The van der Waals surface area contributed by atoms with E-state index in [9.17, 15) is 20.3 Å². The summed E-state index contributed by atoms with van der Waals surface area (Å²) < 4.78 is 0. The third kappa shape index (κ3) is 2.86. The molecule has 5 unspecified atom stereocenters. The number of nitro groups is 1. The van der Waals surface area contributed by atoms with E-state index in [-0.39, 0.29) is 29.2 Å². The highest BCUT2D eigenvalue weighted by Gasteiger charge is 2.61. The molecule has 1 aromatic rings. The molecule has 2 bridgehead atoms. The molecule has 0 radical (unpaired) electrons. The molecular weight excluding hydrogens is 320 g/mol. The zero-order valence-electron chi connectivity index (χ0n) is 15.1. The minimum Gasteiger partial charge on any atom is -0.395 e. The number of hydrogen-bond acceptors (Lipinski definition) is 5. The molecule has 3 rings (SSSR count). The average Bonchev–Trinajstić information content (AvgIpc) is 2.92. The van der Waals surface area contributed by atoms with Crippen LogP contribution in [0.1, 0.15) is 51.7 Å². The summed E-state index contributed by atoms with van der Waals surface area (Å²) in [5, 5.41) is 34.7. The minimum absolute atomic E-state index is 0.00757. The Morgan fingerprint density at radius 1 is 1.32 bits per heavy atom. The van der Waals surface area contributed by atoms with Gasteiger partial charge in [0.15, 0.2) is 0 Å². The van der Waals surface area contributed by atoms with Gasteiger partial charge in [-0.05, 0) is 53.7 Å². The zero-order valence-corrected chi connectivity index (χ0v) is 15.1. The van der Waals surface area contributed by atoms with E-state index in [1.165, 1.54) is 18.6 Å². The normalized spacial score (nSPS) is 32.5. The molecule has 2 aliphatic rings. The van der Waals surface area contributed by atoms with Crippen LogP contribution in [0.15, 0.2) is 24.3 Å². The lowest BCUT2D eigenvalue weighted by Gasteiger charge is -2.41. The van der Waals surface area contributed by atoms with Gasteiger partial charge in [0, 0.05) is 18.2 Å². The molecule has 0 aliphatic heterocycles. The number of nitro benzene ring substituents is 1. The summed E-state index contributed by atoms with van der Waals surface area (Å²) in [5.41, 5.74) is 0.972. The summed E-state index contributed by atoms with van der Waals surface area (Å²) in [6.07, 6.45) is 2.56. The highest BCUT2D eigenvalue weighted by molar-refractivity contribution is 5.34. The van der Waals surface area contributed by atoms with Crippen LogP contribution < -0.4 is 5.32 Å². The third-order valence-corrected chi connectivity index (χ3v) is 7.23. The highest BCUT2D eigenvalue weighted by Crippen LogP contribution is 2.65. The summed E-state index contributed by atoms with van der Waals surface area (Å²) >= 11 is 0. The largest absolute Gasteiger partial charge is 0.395 e. The Hall–Kier alpha value is -1.50. The molecule has 0 spiro atoms. The molecule has 0 amide bonds. The van der Waals surface area contributed by atoms with Gasteiger partial charge in [0.05, 0.1) is 23.7 Å². The van der Waals surface area contributed by atoms with Gasteiger partial charge in [0.1, 0.15) is 0 Å². The topological polar surface area (TPSA) is 95.6 Å². The van der Waals surface area contributed by atoms with Crippen molar-refractivity contribution in [3.05, 3.63) is 39.9 Å². The minimum atomic E-state index is -0.906. The SMILES string of the molecule is CC1(C)C2CCC1(C)C(NC(CO)C(O)c1ccc([N+](=O)[O-])cc1)C2. The van der Waals surface area contributed by atoms with Crippen molar-refractivity contribution in [2.45, 2.75) is 58.2 Å². The molecule has 2 fully saturated rings. The summed E-state index contributed by atoms with van der Waals surface area (Å²) in [4.78, 5) is 10.3. The van der Waals surface area contributed by atoms with Crippen LogP contribution in [0.2, 0.25) is 0 Å². The Bertz CT molecular complexity index is 645. The van der Waals surface area contributed by atoms with Gasteiger partial charge in [0.25, 0.3) is 5.69 Å². The fourth-order valence-electron chi connectivity index (χ4n) is 4.98. The number of hydrogen-bond donors (Lipinski definition) is 3. The maximum atomic E-state index is 10.8. The van der Waals surface area contributed by atoms with Crippen molar-refractivity contribution in [3.8, 4) is 0 Å². The van der Waals surface area contributed by atoms with E-state index in [0.29, 0.717) is 11.5 Å². The predicted octanol–water partition coefficient (Wildman–Crippen LogP) is 2.79. The lowest BCUT2D eigenvalue weighted by atomic mass is 9.69. The van der Waals surface area contributed by atoms with Crippen molar-refractivity contribution < 1.29 is 15.1 Å². The lowest BCUT2D eigenvalue weighted by molar-refractivity contribution is -0.384. The molecule has 1 aromatic carbocycles. The van der Waals surface area contributed by atoms with Crippen molar-refractivity contribution in [1.82, 2.24) is 5.32 Å². The van der Waals surface area contributed by atoms with Gasteiger partial charge in [-0.25, -0.2) is 0 Å². The quantitative estimate of drug-likeness (QED) is 0.543. The van der Waals surface area contributed by atoms with E-state index in [1.54, 1.807) is 12.1 Å². The van der Waals surface area contributed by atoms with E-state index in [4.69, 9.17) is 0 Å². The van der Waals surface area contributed by atoms with Crippen molar-refractivity contribution >= 4 is 5.69 Å². The van der Waals surface area contributed by atoms with Crippen LogP contribution in [0, 0.1) is 26.9 Å². The maximum Gasteiger partial charge on any atom is 0.269 e. The standard InChI is InChI=1S/C19H28N2O4/c1-18(2)13-8-9-19(18,3)16(10-13)20-15(11-22)17(23)12-4-6-14(7-5-12)21(24)25/h4-7,13,15-17,20,22-23H,8-11H2,1-3H3. The first-order chi connectivity index (χ1) is 11.7. The number of aliphatic hydroxyl groups excluding tert-OH is 2. The zero-order chi connectivity index (χ0) is 18.4. The van der Waals surface area contributed by atoms with E-state index in [2.05, 4.69) is 26.1 Å². The molecule has 0 aromatic heterocycles. The number of benzene rings is 1. The van der Waals surface area contributed by atoms with Crippen LogP contribution in [0.3, 0.4) is 0 Å². The molecular formula is C19H28N2O4. The van der Waals surface area contributed by atoms with Gasteiger partial charge in [-0.3, -0.25) is 10.1 Å². The van der Waals surface area contributed by atoms with Crippen molar-refractivity contribution in [1.29, 1.82) is 0 Å². The third-order valence-electron chi connectivity index (χ3n) is 7.23. The molecule has 0 heterocycles. The van der Waals surface area contributed by atoms with Gasteiger partial charge in [0.2, 0.25) is 0 Å². The second-order valence-corrected chi connectivity index (χ2v) is 8.41. The number of nitrogens with zero attached hydrogens (tertiary/aromatic N) is 1. The van der Waals surface area contributed by atoms with Crippen LogP contribution in [0.25, 0.3) is 0 Å². The van der Waals surface area contributed by atoms with E-state index in [1.807, 2.05) is 0 Å². The van der Waals surface area contributed by atoms with Crippen molar-refractivity contribution in [2.24, 2.45) is 16.7 Å². The first-order valence-corrected chi connectivity index (χ1v) is 9.00. The highest BCUT2D eigenvalue weighted by atomic mass is 16.6. The summed E-state index contributed by atoms with van der Waals surface area (Å²) in [7, 11) is 0. The summed E-state index contributed by atoms with van der Waals surface area (Å²) in [5.74, 6) is 0.672. The molecule has 2 aliphatic carbocycles. The Morgan fingerprint density at radius 2 is 1.96 bits per heavy atom. The Kier molecular flexibility index (Phi) is 4.64. The van der Waals surface area contributed by atoms with Gasteiger partial charge in [-0.2, -0.15) is 0 Å². The fourth-order valence-corrected chi connectivity index (χ4v) is 4.98. The summed E-state index contributed by atoms with van der Waals surface area (Å²) in [6, 6.07) is 5.65. The molecule has 0 saturated heterocycles. The van der Waals surface area contributed by atoms with E-state index >= 15 is 0 Å². The van der Waals surface area contributed by atoms with E-state index < -0.39 is 17.1 Å². The number of non-ortho nitro benzene ring substituents is 1. The fraction of sp³-hybridized carbons (Fsp3) is 0.684. The Balaban J connectivity index is 1.74. The van der Waals surface area contributed by atoms with Crippen LogP contribution in [-0.2, 0) is 0 Å². The first-order valence-electron chi connectivity index (χ1n) is 9.00. The van der Waals surface area contributed by atoms with Crippen molar-refractivity contribution in [3.63, 3.8) is 0 Å². The van der Waals surface area contributed by atoms with Crippen LogP contribution >= 0.6 is 0 Å². The molecule has 2 saturated carbocycles. The van der Waals surface area contributed by atoms with Crippen LogP contribution in [-0.4, -0.2) is 33.8 Å². The van der Waals surface area contributed by atoms with Gasteiger partial charge >= 0.3 is 0 Å². The molecule has 6 nitrogen and oxygen atoms in total. The van der Waals surface area contributed by atoms with Gasteiger partial charge in [-0.15, -0.1) is 0 Å². The monoisotopic (exact) mass is 348 g/mol. The van der Waals surface area contributed by atoms with Crippen LogP contribution in [0.4, 0.5) is 5.69 Å². The van der Waals surface area contributed by atoms with Crippen molar-refractivity contribution in [2.75, 3.05) is 6.61 Å². The number of nitrogens with one attached hydrogen (secondary N) is 1. The molecule has 25 heavy (non-hydrogen) atoms. The first kappa shape index (κ1) is 18.3.